The van der Waals surface area contributed by atoms with E-state index in [1.54, 1.807) is 12.4 Å². The summed E-state index contributed by atoms with van der Waals surface area (Å²) >= 11 is 0. The van der Waals surface area contributed by atoms with Crippen molar-refractivity contribution in [1.29, 1.82) is 0 Å². The highest BCUT2D eigenvalue weighted by molar-refractivity contribution is 5.82. The Hall–Kier alpha value is -2.14. The smallest absolute Gasteiger partial charge is 0.239 e. The zero-order valence-electron chi connectivity index (χ0n) is 10.5. The van der Waals surface area contributed by atoms with Crippen molar-refractivity contribution < 1.29 is 4.79 Å². The molecule has 98 valence electrons. The van der Waals surface area contributed by atoms with Crippen LogP contribution in [0.1, 0.15) is 23.0 Å². The number of rotatable bonds is 3. The van der Waals surface area contributed by atoms with Crippen LogP contribution in [0.3, 0.4) is 0 Å². The Morgan fingerprint density at radius 3 is 3.05 bits per heavy atom. The molecule has 1 aromatic carbocycles. The number of benzene rings is 1. The van der Waals surface area contributed by atoms with E-state index in [0.29, 0.717) is 6.54 Å². The van der Waals surface area contributed by atoms with E-state index in [2.05, 4.69) is 20.9 Å². The summed E-state index contributed by atoms with van der Waals surface area (Å²) < 4.78 is 0. The topological polar surface area (TPSA) is 75.0 Å². The van der Waals surface area contributed by atoms with Gasteiger partial charge < -0.3 is 10.7 Å². The summed E-state index contributed by atoms with van der Waals surface area (Å²) in [6.07, 6.45) is 4.43. The molecule has 3 rings (SSSR count). The molecule has 0 spiro atoms. The van der Waals surface area contributed by atoms with Gasteiger partial charge in [0.25, 0.3) is 0 Å². The minimum Gasteiger partial charge on any atom is -0.368 e. The fraction of sp³-hybridized carbons (Fsp3) is 0.286. The monoisotopic (exact) mass is 256 g/mol. The summed E-state index contributed by atoms with van der Waals surface area (Å²) in [5.41, 5.74) is 7.82. The molecule has 1 unspecified atom stereocenters. The Bertz CT molecular complexity index is 579. The van der Waals surface area contributed by atoms with Crippen LogP contribution < -0.4 is 5.73 Å². The molecule has 5 heteroatoms. The number of carbonyl (C=O) groups excluding carboxylic acids is 1. The summed E-state index contributed by atoms with van der Waals surface area (Å²) in [6, 6.07) is 7.63. The number of nitrogens with two attached hydrogens (primary N) is 1. The SMILES string of the molecule is NC(=O)C1c2ccccc2CCN1Cc1ncc[nH]1. The molecule has 1 atom stereocenters. The summed E-state index contributed by atoms with van der Waals surface area (Å²) in [4.78, 5) is 21.2. The van der Waals surface area contributed by atoms with Gasteiger partial charge in [0.15, 0.2) is 0 Å². The summed E-state index contributed by atoms with van der Waals surface area (Å²) in [5, 5.41) is 0. The van der Waals surface area contributed by atoms with E-state index in [9.17, 15) is 4.79 Å². The van der Waals surface area contributed by atoms with Gasteiger partial charge in [0, 0.05) is 18.9 Å². The van der Waals surface area contributed by atoms with Gasteiger partial charge in [-0.2, -0.15) is 0 Å². The number of fused-ring (bicyclic) bond motifs is 1. The predicted molar refractivity (Wildman–Crippen MR) is 71.1 cm³/mol. The molecular weight excluding hydrogens is 240 g/mol. The van der Waals surface area contributed by atoms with Crippen LogP contribution in [-0.4, -0.2) is 27.3 Å². The molecule has 19 heavy (non-hydrogen) atoms. The van der Waals surface area contributed by atoms with E-state index in [0.717, 1.165) is 24.4 Å². The lowest BCUT2D eigenvalue weighted by atomic mass is 9.92. The van der Waals surface area contributed by atoms with E-state index in [1.807, 2.05) is 18.2 Å². The van der Waals surface area contributed by atoms with Gasteiger partial charge >= 0.3 is 0 Å². The lowest BCUT2D eigenvalue weighted by Gasteiger charge is -2.34. The second-order valence-corrected chi connectivity index (χ2v) is 4.76. The number of H-pyrrole nitrogens is 1. The summed E-state index contributed by atoms with van der Waals surface area (Å²) in [6.45, 7) is 1.42. The fourth-order valence-electron chi connectivity index (χ4n) is 2.70. The van der Waals surface area contributed by atoms with Crippen molar-refractivity contribution in [2.24, 2.45) is 5.73 Å². The van der Waals surface area contributed by atoms with Gasteiger partial charge in [0.05, 0.1) is 6.54 Å². The molecule has 0 aliphatic carbocycles. The molecule has 1 amide bonds. The Morgan fingerprint density at radius 1 is 1.47 bits per heavy atom. The number of carbonyl (C=O) groups is 1. The zero-order valence-corrected chi connectivity index (χ0v) is 10.5. The van der Waals surface area contributed by atoms with E-state index < -0.39 is 0 Å². The number of aromatic amines is 1. The van der Waals surface area contributed by atoms with Crippen LogP contribution in [0, 0.1) is 0 Å². The second-order valence-electron chi connectivity index (χ2n) is 4.76. The van der Waals surface area contributed by atoms with Gasteiger partial charge in [-0.25, -0.2) is 4.98 Å². The number of hydrogen-bond donors (Lipinski definition) is 2. The Kier molecular flexibility index (Phi) is 3.05. The molecule has 0 fully saturated rings. The molecule has 3 N–H and O–H groups in total. The van der Waals surface area contributed by atoms with E-state index >= 15 is 0 Å². The van der Waals surface area contributed by atoms with Gasteiger partial charge in [-0.15, -0.1) is 0 Å². The first-order valence-electron chi connectivity index (χ1n) is 6.35. The fourth-order valence-corrected chi connectivity index (χ4v) is 2.70. The van der Waals surface area contributed by atoms with E-state index in [1.165, 1.54) is 5.56 Å². The third-order valence-electron chi connectivity index (χ3n) is 3.56. The van der Waals surface area contributed by atoms with Crippen molar-refractivity contribution in [2.45, 2.75) is 19.0 Å². The molecule has 1 aliphatic heterocycles. The zero-order chi connectivity index (χ0) is 13.2. The maximum absolute atomic E-state index is 11.8. The van der Waals surface area contributed by atoms with Crippen molar-refractivity contribution in [3.05, 3.63) is 53.6 Å². The maximum Gasteiger partial charge on any atom is 0.239 e. The normalized spacial score (nSPS) is 19.1. The molecule has 5 nitrogen and oxygen atoms in total. The number of imidazole rings is 1. The number of amides is 1. The lowest BCUT2D eigenvalue weighted by molar-refractivity contribution is -0.124. The van der Waals surface area contributed by atoms with E-state index in [4.69, 9.17) is 5.73 Å². The van der Waals surface area contributed by atoms with Crippen molar-refractivity contribution in [1.82, 2.24) is 14.9 Å². The van der Waals surface area contributed by atoms with Crippen LogP contribution in [0.2, 0.25) is 0 Å². The van der Waals surface area contributed by atoms with Gasteiger partial charge in [-0.1, -0.05) is 24.3 Å². The number of aromatic nitrogens is 2. The van der Waals surface area contributed by atoms with Crippen molar-refractivity contribution >= 4 is 5.91 Å². The largest absolute Gasteiger partial charge is 0.368 e. The maximum atomic E-state index is 11.8. The standard InChI is InChI=1S/C14H16N4O/c15-14(19)13-11-4-2-1-3-10(11)5-8-18(13)9-12-16-6-7-17-12/h1-4,6-7,13H,5,8-9H2,(H2,15,19)(H,16,17). The van der Waals surface area contributed by atoms with Gasteiger partial charge in [-0.05, 0) is 17.5 Å². The van der Waals surface area contributed by atoms with Crippen LogP contribution >= 0.6 is 0 Å². The average molecular weight is 256 g/mol. The van der Waals surface area contributed by atoms with Gasteiger partial charge in [-0.3, -0.25) is 9.69 Å². The molecule has 2 aromatic rings. The third kappa shape index (κ3) is 2.24. The first-order valence-corrected chi connectivity index (χ1v) is 6.35. The molecule has 0 saturated carbocycles. The number of hydrogen-bond acceptors (Lipinski definition) is 3. The highest BCUT2D eigenvalue weighted by Crippen LogP contribution is 2.30. The third-order valence-corrected chi connectivity index (χ3v) is 3.56. The molecule has 1 aliphatic rings. The first kappa shape index (κ1) is 11.9. The quantitative estimate of drug-likeness (QED) is 0.860. The highest BCUT2D eigenvalue weighted by atomic mass is 16.1. The number of primary amides is 1. The summed E-state index contributed by atoms with van der Waals surface area (Å²) in [5.74, 6) is 0.546. The van der Waals surface area contributed by atoms with Crippen molar-refractivity contribution in [2.75, 3.05) is 6.54 Å². The van der Waals surface area contributed by atoms with Crippen molar-refractivity contribution in [3.63, 3.8) is 0 Å². The Balaban J connectivity index is 1.92. The minimum absolute atomic E-state index is 0.307. The highest BCUT2D eigenvalue weighted by Gasteiger charge is 2.31. The van der Waals surface area contributed by atoms with E-state index in [-0.39, 0.29) is 11.9 Å². The first-order chi connectivity index (χ1) is 9.25. The molecule has 2 heterocycles. The van der Waals surface area contributed by atoms with Gasteiger partial charge in [0.1, 0.15) is 11.9 Å². The minimum atomic E-state index is -0.366. The summed E-state index contributed by atoms with van der Waals surface area (Å²) in [7, 11) is 0. The predicted octanol–water partition coefficient (Wildman–Crippen LogP) is 0.994. The lowest BCUT2D eigenvalue weighted by Crippen LogP contribution is -2.42. The molecule has 0 radical (unpaired) electrons. The molecule has 1 aromatic heterocycles. The molecule has 0 saturated heterocycles. The van der Waals surface area contributed by atoms with Crippen LogP contribution in [0.25, 0.3) is 0 Å². The second kappa shape index (κ2) is 4.85. The Labute approximate surface area is 111 Å². The van der Waals surface area contributed by atoms with Crippen molar-refractivity contribution in [3.8, 4) is 0 Å². The van der Waals surface area contributed by atoms with Crippen LogP contribution in [0.4, 0.5) is 0 Å². The number of nitrogens with zero attached hydrogens (tertiary/aromatic N) is 2. The van der Waals surface area contributed by atoms with Crippen LogP contribution in [0.5, 0.6) is 0 Å². The van der Waals surface area contributed by atoms with Gasteiger partial charge in [0.2, 0.25) is 5.91 Å². The van der Waals surface area contributed by atoms with Crippen LogP contribution in [-0.2, 0) is 17.8 Å². The Morgan fingerprint density at radius 2 is 2.32 bits per heavy atom. The number of nitrogens with one attached hydrogen (secondary N) is 1. The molecular formula is C14H16N4O. The van der Waals surface area contributed by atoms with Crippen LogP contribution in [0.15, 0.2) is 36.7 Å². The average Bonchev–Trinajstić information content (AvgIpc) is 2.91. The molecule has 0 bridgehead atoms.